The minimum absolute atomic E-state index is 0.0146. The fourth-order valence-corrected chi connectivity index (χ4v) is 1.56. The Labute approximate surface area is 110 Å². The van der Waals surface area contributed by atoms with Crippen molar-refractivity contribution in [1.29, 1.82) is 0 Å². The molecule has 5 heteroatoms. The third kappa shape index (κ3) is 8.06. The molecule has 18 heavy (non-hydrogen) atoms. The number of amides is 2. The first-order chi connectivity index (χ1) is 8.51. The first-order valence-corrected chi connectivity index (χ1v) is 6.81. The van der Waals surface area contributed by atoms with E-state index in [1.54, 1.807) is 4.90 Å². The van der Waals surface area contributed by atoms with Crippen LogP contribution in [0.2, 0.25) is 0 Å². The van der Waals surface area contributed by atoms with Crippen LogP contribution in [-0.4, -0.2) is 42.4 Å². The Hall–Kier alpha value is -1.10. The molecule has 3 N–H and O–H groups in total. The zero-order valence-electron chi connectivity index (χ0n) is 11.9. The van der Waals surface area contributed by atoms with Crippen molar-refractivity contribution in [2.75, 3.05) is 19.6 Å². The molecule has 0 aromatic rings. The van der Waals surface area contributed by atoms with Crippen molar-refractivity contribution in [3.05, 3.63) is 0 Å². The Morgan fingerprint density at radius 3 is 2.44 bits per heavy atom. The average molecular weight is 257 g/mol. The molecule has 0 aliphatic heterocycles. The fourth-order valence-electron chi connectivity index (χ4n) is 1.56. The molecule has 106 valence electrons. The van der Waals surface area contributed by atoms with E-state index in [1.807, 2.05) is 20.8 Å². The summed E-state index contributed by atoms with van der Waals surface area (Å²) in [6.07, 6.45) is 2.83. The molecule has 0 heterocycles. The maximum Gasteiger partial charge on any atom is 0.239 e. The molecule has 2 amide bonds. The SMILES string of the molecule is CCCNC(=O)CN(CCC)C(=O)CCC(C)N. The highest BCUT2D eigenvalue weighted by atomic mass is 16.2. The van der Waals surface area contributed by atoms with Crippen molar-refractivity contribution in [3.63, 3.8) is 0 Å². The van der Waals surface area contributed by atoms with E-state index in [2.05, 4.69) is 5.32 Å². The molecule has 0 aromatic heterocycles. The lowest BCUT2D eigenvalue weighted by molar-refractivity contribution is -0.136. The maximum atomic E-state index is 11.9. The van der Waals surface area contributed by atoms with E-state index in [-0.39, 0.29) is 24.4 Å². The number of nitrogens with two attached hydrogens (primary N) is 1. The molecule has 0 bridgehead atoms. The van der Waals surface area contributed by atoms with Crippen LogP contribution in [0, 0.1) is 0 Å². The van der Waals surface area contributed by atoms with Crippen molar-refractivity contribution in [1.82, 2.24) is 10.2 Å². The number of nitrogens with one attached hydrogen (secondary N) is 1. The highest BCUT2D eigenvalue weighted by Gasteiger charge is 2.16. The quantitative estimate of drug-likeness (QED) is 0.644. The molecular weight excluding hydrogens is 230 g/mol. The molecule has 0 rings (SSSR count). The molecule has 0 aromatic carbocycles. The average Bonchev–Trinajstić information content (AvgIpc) is 2.32. The second-order valence-electron chi connectivity index (χ2n) is 4.68. The van der Waals surface area contributed by atoms with E-state index in [0.717, 1.165) is 12.8 Å². The summed E-state index contributed by atoms with van der Waals surface area (Å²) in [4.78, 5) is 25.2. The zero-order chi connectivity index (χ0) is 14.0. The van der Waals surface area contributed by atoms with Crippen molar-refractivity contribution in [3.8, 4) is 0 Å². The second-order valence-corrected chi connectivity index (χ2v) is 4.68. The first kappa shape index (κ1) is 16.9. The van der Waals surface area contributed by atoms with Crippen LogP contribution in [0.5, 0.6) is 0 Å². The number of hydrogen-bond acceptors (Lipinski definition) is 3. The van der Waals surface area contributed by atoms with Crippen molar-refractivity contribution in [2.45, 2.75) is 52.5 Å². The van der Waals surface area contributed by atoms with Gasteiger partial charge in [-0.2, -0.15) is 0 Å². The van der Waals surface area contributed by atoms with Crippen LogP contribution in [0.15, 0.2) is 0 Å². The van der Waals surface area contributed by atoms with Crippen LogP contribution in [0.4, 0.5) is 0 Å². The summed E-state index contributed by atoms with van der Waals surface area (Å²) in [6.45, 7) is 7.31. The van der Waals surface area contributed by atoms with Crippen LogP contribution in [0.1, 0.15) is 46.5 Å². The van der Waals surface area contributed by atoms with Gasteiger partial charge in [0.1, 0.15) is 0 Å². The largest absolute Gasteiger partial charge is 0.355 e. The van der Waals surface area contributed by atoms with Gasteiger partial charge >= 0.3 is 0 Å². The summed E-state index contributed by atoms with van der Waals surface area (Å²) in [6, 6.07) is 0.0198. The van der Waals surface area contributed by atoms with Crippen molar-refractivity contribution < 1.29 is 9.59 Å². The zero-order valence-corrected chi connectivity index (χ0v) is 11.9. The van der Waals surface area contributed by atoms with Gasteiger partial charge in [-0.3, -0.25) is 9.59 Å². The topological polar surface area (TPSA) is 75.4 Å². The van der Waals surface area contributed by atoms with Gasteiger partial charge in [0, 0.05) is 25.6 Å². The summed E-state index contributed by atoms with van der Waals surface area (Å²) in [5.74, 6) is -0.0692. The van der Waals surface area contributed by atoms with Gasteiger partial charge in [-0.15, -0.1) is 0 Å². The number of carbonyl (C=O) groups excluding carboxylic acids is 2. The first-order valence-electron chi connectivity index (χ1n) is 6.81. The van der Waals surface area contributed by atoms with E-state index in [9.17, 15) is 9.59 Å². The molecular formula is C13H27N3O2. The third-order valence-corrected chi connectivity index (χ3v) is 2.57. The lowest BCUT2D eigenvalue weighted by Gasteiger charge is -2.22. The normalized spacial score (nSPS) is 12.0. The van der Waals surface area contributed by atoms with E-state index >= 15 is 0 Å². The Morgan fingerprint density at radius 2 is 1.94 bits per heavy atom. The molecule has 0 saturated carbocycles. The van der Waals surface area contributed by atoms with E-state index in [4.69, 9.17) is 5.73 Å². The number of rotatable bonds is 9. The van der Waals surface area contributed by atoms with Crippen molar-refractivity contribution >= 4 is 11.8 Å². The van der Waals surface area contributed by atoms with Gasteiger partial charge in [0.05, 0.1) is 6.54 Å². The smallest absolute Gasteiger partial charge is 0.239 e. The summed E-state index contributed by atoms with van der Waals surface area (Å²) >= 11 is 0. The molecule has 0 fully saturated rings. The second kappa shape index (κ2) is 9.88. The van der Waals surface area contributed by atoms with Crippen LogP contribution in [-0.2, 0) is 9.59 Å². The Kier molecular flexibility index (Phi) is 9.28. The lowest BCUT2D eigenvalue weighted by Crippen LogP contribution is -2.41. The Bertz CT molecular complexity index is 255. The van der Waals surface area contributed by atoms with Gasteiger partial charge in [0.25, 0.3) is 0 Å². The van der Waals surface area contributed by atoms with E-state index in [1.165, 1.54) is 0 Å². The monoisotopic (exact) mass is 257 g/mol. The van der Waals surface area contributed by atoms with Crippen molar-refractivity contribution in [2.24, 2.45) is 5.73 Å². The molecule has 5 nitrogen and oxygen atoms in total. The van der Waals surface area contributed by atoms with E-state index < -0.39 is 0 Å². The maximum absolute atomic E-state index is 11.9. The highest BCUT2D eigenvalue weighted by molar-refractivity contribution is 5.84. The summed E-state index contributed by atoms with van der Waals surface area (Å²) in [7, 11) is 0. The standard InChI is InChI=1S/C13H27N3O2/c1-4-8-15-12(17)10-16(9-5-2)13(18)7-6-11(3)14/h11H,4-10,14H2,1-3H3,(H,15,17). The number of carbonyl (C=O) groups is 2. The number of hydrogen-bond donors (Lipinski definition) is 2. The highest BCUT2D eigenvalue weighted by Crippen LogP contribution is 2.01. The minimum Gasteiger partial charge on any atom is -0.355 e. The van der Waals surface area contributed by atoms with Gasteiger partial charge in [-0.25, -0.2) is 0 Å². The molecule has 0 aliphatic rings. The van der Waals surface area contributed by atoms with Gasteiger partial charge in [0.15, 0.2) is 0 Å². The fraction of sp³-hybridized carbons (Fsp3) is 0.846. The molecule has 0 spiro atoms. The predicted molar refractivity (Wildman–Crippen MR) is 73.1 cm³/mol. The minimum atomic E-state index is -0.0838. The molecule has 0 saturated heterocycles. The van der Waals surface area contributed by atoms with Gasteiger partial charge < -0.3 is 16.0 Å². The lowest BCUT2D eigenvalue weighted by atomic mass is 10.2. The van der Waals surface area contributed by atoms with Gasteiger partial charge in [-0.1, -0.05) is 13.8 Å². The Balaban J connectivity index is 4.19. The predicted octanol–water partition coefficient (Wildman–Crippen LogP) is 0.879. The molecule has 0 radical (unpaired) electrons. The van der Waals surface area contributed by atoms with Gasteiger partial charge in [0.2, 0.25) is 11.8 Å². The molecule has 1 unspecified atom stereocenters. The molecule has 1 atom stereocenters. The number of nitrogens with zero attached hydrogens (tertiary/aromatic N) is 1. The van der Waals surface area contributed by atoms with Crippen LogP contribution in [0.3, 0.4) is 0 Å². The van der Waals surface area contributed by atoms with E-state index in [0.29, 0.717) is 25.9 Å². The van der Waals surface area contributed by atoms with Gasteiger partial charge in [-0.05, 0) is 26.2 Å². The molecule has 0 aliphatic carbocycles. The third-order valence-electron chi connectivity index (χ3n) is 2.57. The Morgan fingerprint density at radius 1 is 1.28 bits per heavy atom. The van der Waals surface area contributed by atoms with Crippen LogP contribution < -0.4 is 11.1 Å². The van der Waals surface area contributed by atoms with Crippen LogP contribution in [0.25, 0.3) is 0 Å². The summed E-state index contributed by atoms with van der Waals surface area (Å²) in [5, 5.41) is 2.78. The van der Waals surface area contributed by atoms with Crippen LogP contribution >= 0.6 is 0 Å². The summed E-state index contributed by atoms with van der Waals surface area (Å²) in [5.41, 5.74) is 5.63. The summed E-state index contributed by atoms with van der Waals surface area (Å²) < 4.78 is 0.